The Morgan fingerprint density at radius 2 is 1.91 bits per heavy atom. The van der Waals surface area contributed by atoms with Gasteiger partial charge in [0.05, 0.1) is 4.92 Å². The van der Waals surface area contributed by atoms with Crippen LogP contribution in [0.3, 0.4) is 0 Å². The van der Waals surface area contributed by atoms with E-state index in [4.69, 9.17) is 4.74 Å². The summed E-state index contributed by atoms with van der Waals surface area (Å²) in [5, 5.41) is 10.4. The molecule has 2 aromatic rings. The normalized spacial score (nSPS) is 10.1. The highest BCUT2D eigenvalue weighted by Crippen LogP contribution is 2.24. The van der Waals surface area contributed by atoms with Crippen LogP contribution in [0.15, 0.2) is 42.5 Å². The minimum Gasteiger partial charge on any atom is -0.451 e. The molecule has 8 heteroatoms. The average Bonchev–Trinajstić information content (AvgIpc) is 3.03. The van der Waals surface area contributed by atoms with Crippen molar-refractivity contribution in [3.63, 3.8) is 0 Å². The summed E-state index contributed by atoms with van der Waals surface area (Å²) in [5.41, 5.74) is 0.962. The molecule has 0 aliphatic rings. The van der Waals surface area contributed by atoms with Gasteiger partial charge in [0.1, 0.15) is 4.88 Å². The Hall–Kier alpha value is -2.74. The van der Waals surface area contributed by atoms with E-state index in [2.05, 4.69) is 0 Å². The molecule has 0 saturated heterocycles. The van der Waals surface area contributed by atoms with Crippen molar-refractivity contribution in [3.05, 3.63) is 63.0 Å². The average molecular weight is 334 g/mol. The molecule has 1 aromatic carbocycles. The number of amides is 1. The minimum absolute atomic E-state index is 0.0928. The number of likely N-dealkylation sites (N-methyl/N-ethyl adjacent to an activating group) is 1. The number of carbonyl (C=O) groups is 2. The Morgan fingerprint density at radius 3 is 2.52 bits per heavy atom. The SMILES string of the molecule is CN(Cc1ccccc1)C(=O)COC(=O)c1ccc([N+](=O)[O-])s1. The maximum Gasteiger partial charge on any atom is 0.349 e. The van der Waals surface area contributed by atoms with E-state index in [0.29, 0.717) is 17.9 Å². The summed E-state index contributed by atoms with van der Waals surface area (Å²) in [6.45, 7) is -0.00440. The Labute approximate surface area is 136 Å². The van der Waals surface area contributed by atoms with Gasteiger partial charge in [0.15, 0.2) is 6.61 Å². The van der Waals surface area contributed by atoms with Gasteiger partial charge in [0, 0.05) is 19.7 Å². The van der Waals surface area contributed by atoms with Gasteiger partial charge in [-0.05, 0) is 11.6 Å². The zero-order valence-corrected chi connectivity index (χ0v) is 13.1. The van der Waals surface area contributed by atoms with Crippen molar-refractivity contribution in [3.8, 4) is 0 Å². The van der Waals surface area contributed by atoms with Crippen LogP contribution in [0.5, 0.6) is 0 Å². The third kappa shape index (κ3) is 4.62. The second kappa shape index (κ2) is 7.50. The summed E-state index contributed by atoms with van der Waals surface area (Å²) in [5.74, 6) is -1.10. The van der Waals surface area contributed by atoms with Crippen LogP contribution in [0.2, 0.25) is 0 Å². The molecule has 23 heavy (non-hydrogen) atoms. The highest BCUT2D eigenvalue weighted by atomic mass is 32.1. The molecule has 1 amide bonds. The molecule has 1 aromatic heterocycles. The summed E-state index contributed by atoms with van der Waals surface area (Å²) in [6.07, 6.45) is 0. The summed E-state index contributed by atoms with van der Waals surface area (Å²) < 4.78 is 4.90. The zero-order valence-electron chi connectivity index (χ0n) is 12.3. The summed E-state index contributed by atoms with van der Waals surface area (Å²) >= 11 is 0.713. The van der Waals surface area contributed by atoms with Crippen LogP contribution < -0.4 is 0 Å². The fraction of sp³-hybridized carbons (Fsp3) is 0.200. The number of hydrogen-bond acceptors (Lipinski definition) is 6. The smallest absolute Gasteiger partial charge is 0.349 e. The van der Waals surface area contributed by atoms with Gasteiger partial charge in [-0.2, -0.15) is 0 Å². The lowest BCUT2D eigenvalue weighted by Crippen LogP contribution is -2.30. The van der Waals surface area contributed by atoms with Crippen LogP contribution in [0.1, 0.15) is 15.2 Å². The van der Waals surface area contributed by atoms with Gasteiger partial charge in [0.2, 0.25) is 0 Å². The molecule has 7 nitrogen and oxygen atoms in total. The number of rotatable bonds is 6. The number of carbonyl (C=O) groups excluding carboxylic acids is 2. The number of nitro groups is 1. The van der Waals surface area contributed by atoms with E-state index in [1.165, 1.54) is 17.0 Å². The first-order valence-electron chi connectivity index (χ1n) is 6.66. The third-order valence-corrected chi connectivity index (χ3v) is 4.00. The Morgan fingerprint density at radius 1 is 1.22 bits per heavy atom. The molecule has 0 fully saturated rings. The highest BCUT2D eigenvalue weighted by Gasteiger charge is 2.18. The van der Waals surface area contributed by atoms with E-state index in [1.54, 1.807) is 7.05 Å². The Balaban J connectivity index is 1.85. The predicted octanol–water partition coefficient (Wildman–Crippen LogP) is 2.47. The first-order valence-corrected chi connectivity index (χ1v) is 7.48. The minimum atomic E-state index is -0.746. The predicted molar refractivity (Wildman–Crippen MR) is 84.2 cm³/mol. The molecule has 2 rings (SSSR count). The number of hydrogen-bond donors (Lipinski definition) is 0. The van der Waals surface area contributed by atoms with Crippen LogP contribution >= 0.6 is 11.3 Å². The van der Waals surface area contributed by atoms with Crippen LogP contribution in [-0.4, -0.2) is 35.4 Å². The van der Waals surface area contributed by atoms with Crippen molar-refractivity contribution in [2.45, 2.75) is 6.54 Å². The second-order valence-corrected chi connectivity index (χ2v) is 5.77. The number of nitrogens with zero attached hydrogens (tertiary/aromatic N) is 2. The maximum absolute atomic E-state index is 11.9. The molecule has 0 aliphatic heterocycles. The topological polar surface area (TPSA) is 89.8 Å². The van der Waals surface area contributed by atoms with Crippen LogP contribution in [0, 0.1) is 10.1 Å². The van der Waals surface area contributed by atoms with Crippen molar-refractivity contribution in [2.75, 3.05) is 13.7 Å². The molecule has 0 atom stereocenters. The molecule has 0 bridgehead atoms. The molecule has 0 unspecified atom stereocenters. The van der Waals surface area contributed by atoms with Gasteiger partial charge in [-0.25, -0.2) is 4.79 Å². The van der Waals surface area contributed by atoms with Gasteiger partial charge < -0.3 is 9.64 Å². The summed E-state index contributed by atoms with van der Waals surface area (Å²) in [4.78, 5) is 35.2. The quantitative estimate of drug-likeness (QED) is 0.460. The van der Waals surface area contributed by atoms with E-state index < -0.39 is 17.5 Å². The molecule has 1 heterocycles. The molecular formula is C15H14N2O5S. The van der Waals surface area contributed by atoms with E-state index in [0.717, 1.165) is 5.56 Å². The number of ether oxygens (including phenoxy) is 1. The number of thiophene rings is 1. The first-order chi connectivity index (χ1) is 11.0. The molecule has 0 spiro atoms. The standard InChI is InChI=1S/C15H14N2O5S/c1-16(9-11-5-3-2-4-6-11)13(18)10-22-15(19)12-7-8-14(23-12)17(20)21/h2-8H,9-10H2,1H3. The van der Waals surface area contributed by atoms with Gasteiger partial charge in [0.25, 0.3) is 5.91 Å². The monoisotopic (exact) mass is 334 g/mol. The Bertz CT molecular complexity index is 714. The van der Waals surface area contributed by atoms with Crippen LogP contribution in [0.25, 0.3) is 0 Å². The largest absolute Gasteiger partial charge is 0.451 e. The lowest BCUT2D eigenvalue weighted by Gasteiger charge is -2.17. The lowest BCUT2D eigenvalue weighted by atomic mass is 10.2. The molecule has 120 valence electrons. The van der Waals surface area contributed by atoms with Crippen molar-refractivity contribution in [1.82, 2.24) is 4.90 Å². The molecule has 0 N–H and O–H groups in total. The van der Waals surface area contributed by atoms with E-state index >= 15 is 0 Å². The Kier molecular flexibility index (Phi) is 5.42. The van der Waals surface area contributed by atoms with Crippen molar-refractivity contribution >= 4 is 28.2 Å². The van der Waals surface area contributed by atoms with E-state index in [1.807, 2.05) is 30.3 Å². The molecular weight excluding hydrogens is 320 g/mol. The molecule has 0 saturated carbocycles. The van der Waals surface area contributed by atoms with Crippen molar-refractivity contribution in [1.29, 1.82) is 0 Å². The van der Waals surface area contributed by atoms with Crippen LogP contribution in [0.4, 0.5) is 5.00 Å². The summed E-state index contributed by atoms with van der Waals surface area (Å²) in [6, 6.07) is 11.9. The highest BCUT2D eigenvalue weighted by molar-refractivity contribution is 7.17. The molecule has 0 aliphatic carbocycles. The lowest BCUT2D eigenvalue weighted by molar-refractivity contribution is -0.380. The van der Waals surface area contributed by atoms with E-state index in [9.17, 15) is 19.7 Å². The fourth-order valence-corrected chi connectivity index (χ4v) is 2.50. The van der Waals surface area contributed by atoms with Gasteiger partial charge in [-0.15, -0.1) is 0 Å². The first kappa shape index (κ1) is 16.6. The second-order valence-electron chi connectivity index (χ2n) is 4.71. The van der Waals surface area contributed by atoms with E-state index in [-0.39, 0.29) is 15.8 Å². The van der Waals surface area contributed by atoms with Crippen molar-refractivity contribution < 1.29 is 19.2 Å². The number of benzene rings is 1. The maximum atomic E-state index is 11.9. The van der Waals surface area contributed by atoms with Gasteiger partial charge >= 0.3 is 11.0 Å². The van der Waals surface area contributed by atoms with Gasteiger partial charge in [-0.1, -0.05) is 41.7 Å². The summed E-state index contributed by atoms with van der Waals surface area (Å²) in [7, 11) is 1.61. The fourth-order valence-electron chi connectivity index (χ4n) is 1.79. The van der Waals surface area contributed by atoms with Crippen molar-refractivity contribution in [2.24, 2.45) is 0 Å². The van der Waals surface area contributed by atoms with Gasteiger partial charge in [-0.3, -0.25) is 14.9 Å². The third-order valence-electron chi connectivity index (χ3n) is 2.99. The number of esters is 1. The molecule has 0 radical (unpaired) electrons. The van der Waals surface area contributed by atoms with Crippen LogP contribution in [-0.2, 0) is 16.1 Å². The zero-order chi connectivity index (χ0) is 16.8.